The normalized spacial score (nSPS) is 19.6. The van der Waals surface area contributed by atoms with Crippen molar-refractivity contribution in [1.29, 1.82) is 0 Å². The maximum absolute atomic E-state index is 12.3. The standard InChI is InChI=1S/C18H29N3O/c1-14(13-21-10-6-7-11-21)12-20-18(22)15(2)17(19)16-8-4-3-5-9-16/h3-5,8-9,14-15,17H,6-7,10-13,19H2,1-2H3,(H,20,22). The van der Waals surface area contributed by atoms with E-state index in [9.17, 15) is 4.79 Å². The van der Waals surface area contributed by atoms with Gasteiger partial charge in [0.1, 0.15) is 0 Å². The van der Waals surface area contributed by atoms with Crippen LogP contribution in [-0.4, -0.2) is 37.0 Å². The van der Waals surface area contributed by atoms with Crippen molar-refractivity contribution in [2.75, 3.05) is 26.2 Å². The highest BCUT2D eigenvalue weighted by atomic mass is 16.1. The van der Waals surface area contributed by atoms with Crippen LogP contribution in [0.1, 0.15) is 38.3 Å². The second kappa shape index (κ2) is 8.30. The third-order valence-corrected chi connectivity index (χ3v) is 4.53. The Bertz CT molecular complexity index is 457. The Kier molecular flexibility index (Phi) is 6.40. The predicted molar refractivity (Wildman–Crippen MR) is 90.4 cm³/mol. The maximum Gasteiger partial charge on any atom is 0.224 e. The first-order chi connectivity index (χ1) is 10.6. The summed E-state index contributed by atoms with van der Waals surface area (Å²) in [7, 11) is 0. The SMILES string of the molecule is CC(CNC(=O)C(C)C(N)c1ccccc1)CN1CCCC1. The van der Waals surface area contributed by atoms with Crippen LogP contribution in [0.3, 0.4) is 0 Å². The van der Waals surface area contributed by atoms with Crippen molar-refractivity contribution in [1.82, 2.24) is 10.2 Å². The summed E-state index contributed by atoms with van der Waals surface area (Å²) < 4.78 is 0. The summed E-state index contributed by atoms with van der Waals surface area (Å²) in [5.74, 6) is 0.299. The summed E-state index contributed by atoms with van der Waals surface area (Å²) in [5.41, 5.74) is 7.22. The predicted octanol–water partition coefficient (Wildman–Crippen LogP) is 2.17. The number of nitrogens with zero attached hydrogens (tertiary/aromatic N) is 1. The molecule has 22 heavy (non-hydrogen) atoms. The van der Waals surface area contributed by atoms with Gasteiger partial charge in [-0.25, -0.2) is 0 Å². The van der Waals surface area contributed by atoms with Crippen LogP contribution in [0, 0.1) is 11.8 Å². The minimum atomic E-state index is -0.255. The molecular weight excluding hydrogens is 274 g/mol. The Balaban J connectivity index is 1.76. The lowest BCUT2D eigenvalue weighted by Gasteiger charge is -2.23. The summed E-state index contributed by atoms with van der Waals surface area (Å²) in [6, 6.07) is 9.57. The van der Waals surface area contributed by atoms with Crippen molar-refractivity contribution < 1.29 is 4.79 Å². The van der Waals surface area contributed by atoms with E-state index < -0.39 is 0 Å². The maximum atomic E-state index is 12.3. The molecule has 1 fully saturated rings. The number of nitrogens with one attached hydrogen (secondary N) is 1. The van der Waals surface area contributed by atoms with E-state index in [1.807, 2.05) is 37.3 Å². The second-order valence-corrected chi connectivity index (χ2v) is 6.58. The minimum Gasteiger partial charge on any atom is -0.355 e. The fourth-order valence-corrected chi connectivity index (χ4v) is 3.03. The van der Waals surface area contributed by atoms with Crippen LogP contribution < -0.4 is 11.1 Å². The van der Waals surface area contributed by atoms with Crippen molar-refractivity contribution in [3.8, 4) is 0 Å². The van der Waals surface area contributed by atoms with Gasteiger partial charge in [-0.05, 0) is 37.4 Å². The zero-order valence-electron chi connectivity index (χ0n) is 13.8. The van der Waals surface area contributed by atoms with Gasteiger partial charge in [0.15, 0.2) is 0 Å². The summed E-state index contributed by atoms with van der Waals surface area (Å²) in [6.07, 6.45) is 2.62. The highest BCUT2D eigenvalue weighted by Crippen LogP contribution is 2.19. The summed E-state index contributed by atoms with van der Waals surface area (Å²) in [4.78, 5) is 14.8. The molecule has 1 heterocycles. The lowest BCUT2D eigenvalue weighted by Crippen LogP contribution is -2.39. The van der Waals surface area contributed by atoms with E-state index in [1.165, 1.54) is 25.9 Å². The highest BCUT2D eigenvalue weighted by molar-refractivity contribution is 5.79. The molecule has 4 nitrogen and oxygen atoms in total. The van der Waals surface area contributed by atoms with Crippen LogP contribution >= 0.6 is 0 Å². The molecule has 1 aromatic carbocycles. The molecule has 4 heteroatoms. The topological polar surface area (TPSA) is 58.4 Å². The molecule has 2 rings (SSSR count). The summed E-state index contributed by atoms with van der Waals surface area (Å²) in [6.45, 7) is 8.29. The van der Waals surface area contributed by atoms with Crippen LogP contribution in [0.2, 0.25) is 0 Å². The zero-order valence-corrected chi connectivity index (χ0v) is 13.8. The quantitative estimate of drug-likeness (QED) is 0.811. The van der Waals surface area contributed by atoms with Gasteiger partial charge in [0, 0.05) is 19.1 Å². The third-order valence-electron chi connectivity index (χ3n) is 4.53. The Morgan fingerprint density at radius 2 is 1.86 bits per heavy atom. The van der Waals surface area contributed by atoms with Crippen molar-refractivity contribution in [2.45, 2.75) is 32.7 Å². The number of benzene rings is 1. The third kappa shape index (κ3) is 4.82. The van der Waals surface area contributed by atoms with E-state index in [1.54, 1.807) is 0 Å². The molecule has 3 atom stereocenters. The van der Waals surface area contributed by atoms with Crippen LogP contribution in [0.15, 0.2) is 30.3 Å². The monoisotopic (exact) mass is 303 g/mol. The number of rotatable bonds is 7. The molecule has 1 aliphatic rings. The van der Waals surface area contributed by atoms with Gasteiger partial charge in [-0.3, -0.25) is 4.79 Å². The molecule has 1 aromatic rings. The Hall–Kier alpha value is -1.39. The van der Waals surface area contributed by atoms with E-state index in [4.69, 9.17) is 5.73 Å². The molecule has 0 aliphatic carbocycles. The van der Waals surface area contributed by atoms with Gasteiger partial charge in [0.25, 0.3) is 0 Å². The Labute approximate surface area is 134 Å². The van der Waals surface area contributed by atoms with Crippen molar-refractivity contribution >= 4 is 5.91 Å². The lowest BCUT2D eigenvalue weighted by atomic mass is 9.94. The zero-order chi connectivity index (χ0) is 15.9. The summed E-state index contributed by atoms with van der Waals surface area (Å²) >= 11 is 0. The molecule has 1 amide bonds. The van der Waals surface area contributed by atoms with Gasteiger partial charge in [-0.15, -0.1) is 0 Å². The van der Waals surface area contributed by atoms with Gasteiger partial charge >= 0.3 is 0 Å². The average Bonchev–Trinajstić information content (AvgIpc) is 3.05. The molecule has 0 aromatic heterocycles. The first kappa shape index (κ1) is 17.0. The highest BCUT2D eigenvalue weighted by Gasteiger charge is 2.22. The van der Waals surface area contributed by atoms with E-state index in [-0.39, 0.29) is 17.9 Å². The number of likely N-dealkylation sites (tertiary alicyclic amines) is 1. The first-order valence-corrected chi connectivity index (χ1v) is 8.38. The van der Waals surface area contributed by atoms with Gasteiger partial charge in [0.2, 0.25) is 5.91 Å². The Morgan fingerprint density at radius 1 is 1.23 bits per heavy atom. The molecule has 3 N–H and O–H groups in total. The number of carbonyl (C=O) groups excluding carboxylic acids is 1. The van der Waals surface area contributed by atoms with Crippen molar-refractivity contribution in [2.24, 2.45) is 17.6 Å². The molecule has 0 bridgehead atoms. The van der Waals surface area contributed by atoms with Crippen LogP contribution in [-0.2, 0) is 4.79 Å². The lowest BCUT2D eigenvalue weighted by molar-refractivity contribution is -0.125. The van der Waals surface area contributed by atoms with E-state index >= 15 is 0 Å². The van der Waals surface area contributed by atoms with Gasteiger partial charge in [0.05, 0.1) is 5.92 Å². The molecule has 1 aliphatic heterocycles. The second-order valence-electron chi connectivity index (χ2n) is 6.58. The van der Waals surface area contributed by atoms with Crippen LogP contribution in [0.5, 0.6) is 0 Å². The number of hydrogen-bond acceptors (Lipinski definition) is 3. The minimum absolute atomic E-state index is 0.0459. The number of amides is 1. The fraction of sp³-hybridized carbons (Fsp3) is 0.611. The molecular formula is C18H29N3O. The van der Waals surface area contributed by atoms with E-state index in [0.717, 1.165) is 18.7 Å². The molecule has 3 unspecified atom stereocenters. The smallest absolute Gasteiger partial charge is 0.224 e. The summed E-state index contributed by atoms with van der Waals surface area (Å²) in [5, 5.41) is 3.06. The molecule has 1 saturated heterocycles. The number of nitrogens with two attached hydrogens (primary N) is 1. The Morgan fingerprint density at radius 3 is 2.50 bits per heavy atom. The van der Waals surface area contributed by atoms with Crippen LogP contribution in [0.25, 0.3) is 0 Å². The average molecular weight is 303 g/mol. The first-order valence-electron chi connectivity index (χ1n) is 8.38. The number of hydrogen-bond donors (Lipinski definition) is 2. The van der Waals surface area contributed by atoms with Crippen molar-refractivity contribution in [3.63, 3.8) is 0 Å². The van der Waals surface area contributed by atoms with Crippen LogP contribution in [0.4, 0.5) is 0 Å². The largest absolute Gasteiger partial charge is 0.355 e. The number of carbonyl (C=O) groups is 1. The molecule has 0 radical (unpaired) electrons. The van der Waals surface area contributed by atoms with E-state index in [2.05, 4.69) is 17.1 Å². The van der Waals surface area contributed by atoms with Gasteiger partial charge in [-0.2, -0.15) is 0 Å². The van der Waals surface area contributed by atoms with Gasteiger partial charge in [-0.1, -0.05) is 44.2 Å². The fourth-order valence-electron chi connectivity index (χ4n) is 3.03. The molecule has 122 valence electrons. The molecule has 0 spiro atoms. The molecule has 0 saturated carbocycles. The van der Waals surface area contributed by atoms with Gasteiger partial charge < -0.3 is 16.0 Å². The van der Waals surface area contributed by atoms with E-state index in [0.29, 0.717) is 5.92 Å². The van der Waals surface area contributed by atoms with Crippen molar-refractivity contribution in [3.05, 3.63) is 35.9 Å².